The molecule has 1 atom stereocenters. The fourth-order valence-electron chi connectivity index (χ4n) is 4.07. The number of fused-ring (bicyclic) bond motifs is 1. The van der Waals surface area contributed by atoms with Crippen molar-refractivity contribution < 1.29 is 9.32 Å². The molecule has 30 heavy (non-hydrogen) atoms. The number of hydrogen-bond donors (Lipinski definition) is 0. The molecule has 0 saturated carbocycles. The maximum atomic E-state index is 13.4. The monoisotopic (exact) mass is 426 g/mol. The predicted molar refractivity (Wildman–Crippen MR) is 118 cm³/mol. The lowest BCUT2D eigenvalue weighted by Gasteiger charge is -2.38. The smallest absolute Gasteiger partial charge is 0.259 e. The quantitative estimate of drug-likeness (QED) is 0.598. The summed E-state index contributed by atoms with van der Waals surface area (Å²) in [4.78, 5) is 22.3. The number of carbonyl (C=O) groups excluding carboxylic acids is 1. The number of nitrogens with zero attached hydrogens (tertiary/aromatic N) is 4. The minimum Gasteiger partial charge on any atom is -0.336 e. The fraction of sp³-hybridized carbons (Fsp3) is 0.435. The van der Waals surface area contributed by atoms with Gasteiger partial charge in [0.05, 0.1) is 16.6 Å². The van der Waals surface area contributed by atoms with Crippen molar-refractivity contribution in [2.45, 2.75) is 39.7 Å². The van der Waals surface area contributed by atoms with Gasteiger partial charge in [-0.15, -0.1) is 0 Å². The van der Waals surface area contributed by atoms with Crippen molar-refractivity contribution in [3.8, 4) is 0 Å². The Morgan fingerprint density at radius 1 is 1.13 bits per heavy atom. The molecular weight excluding hydrogens is 400 g/mol. The van der Waals surface area contributed by atoms with Gasteiger partial charge in [-0.1, -0.05) is 48.8 Å². The van der Waals surface area contributed by atoms with Gasteiger partial charge in [-0.3, -0.25) is 9.69 Å². The van der Waals surface area contributed by atoms with Gasteiger partial charge >= 0.3 is 0 Å². The van der Waals surface area contributed by atoms with Gasteiger partial charge in [0.15, 0.2) is 0 Å². The SMILES string of the molecule is Cc1noc2nc(C(C)C)cc(C(=O)N3CCN(C(C)c4ccccc4Cl)CC3)c12. The largest absolute Gasteiger partial charge is 0.336 e. The number of aromatic nitrogens is 2. The summed E-state index contributed by atoms with van der Waals surface area (Å²) >= 11 is 6.39. The molecule has 0 N–H and O–H groups in total. The van der Waals surface area contributed by atoms with Gasteiger partial charge in [-0.2, -0.15) is 0 Å². The topological polar surface area (TPSA) is 62.5 Å². The van der Waals surface area contributed by atoms with E-state index in [0.29, 0.717) is 30.1 Å². The molecule has 0 bridgehead atoms. The minimum absolute atomic E-state index is 0.0145. The second-order valence-corrected chi connectivity index (χ2v) is 8.63. The predicted octanol–water partition coefficient (Wildman–Crippen LogP) is 4.83. The van der Waals surface area contributed by atoms with Gasteiger partial charge in [0.1, 0.15) is 0 Å². The molecule has 1 amide bonds. The number of benzene rings is 1. The summed E-state index contributed by atoms with van der Waals surface area (Å²) in [6, 6.07) is 10.1. The molecule has 1 fully saturated rings. The van der Waals surface area contributed by atoms with E-state index in [0.717, 1.165) is 34.8 Å². The molecule has 7 heteroatoms. The number of aryl methyl sites for hydroxylation is 1. The molecule has 1 aliphatic heterocycles. The van der Waals surface area contributed by atoms with E-state index in [1.165, 1.54) is 0 Å². The Hall–Kier alpha value is -2.44. The third kappa shape index (κ3) is 3.82. The van der Waals surface area contributed by atoms with E-state index in [4.69, 9.17) is 16.1 Å². The molecule has 4 rings (SSSR count). The van der Waals surface area contributed by atoms with Gasteiger partial charge < -0.3 is 9.42 Å². The van der Waals surface area contributed by atoms with Gasteiger partial charge in [0, 0.05) is 42.9 Å². The summed E-state index contributed by atoms with van der Waals surface area (Å²) in [7, 11) is 0. The van der Waals surface area contributed by atoms with E-state index < -0.39 is 0 Å². The molecule has 3 aromatic rings. The number of halogens is 1. The molecule has 1 saturated heterocycles. The highest BCUT2D eigenvalue weighted by atomic mass is 35.5. The lowest BCUT2D eigenvalue weighted by molar-refractivity contribution is 0.0583. The van der Waals surface area contributed by atoms with E-state index in [9.17, 15) is 4.79 Å². The van der Waals surface area contributed by atoms with Crippen molar-refractivity contribution in [1.29, 1.82) is 0 Å². The van der Waals surface area contributed by atoms with Gasteiger partial charge in [0.2, 0.25) is 0 Å². The van der Waals surface area contributed by atoms with Crippen LogP contribution in [-0.4, -0.2) is 52.0 Å². The third-order valence-electron chi connectivity index (χ3n) is 5.96. The molecule has 6 nitrogen and oxygen atoms in total. The zero-order valence-electron chi connectivity index (χ0n) is 17.9. The zero-order chi connectivity index (χ0) is 21.4. The van der Waals surface area contributed by atoms with E-state index in [2.05, 4.69) is 41.9 Å². The molecular formula is C23H27ClN4O2. The first kappa shape index (κ1) is 20.8. The van der Waals surface area contributed by atoms with Gasteiger partial charge in [0.25, 0.3) is 11.6 Å². The first-order valence-corrected chi connectivity index (χ1v) is 10.8. The molecule has 2 aromatic heterocycles. The van der Waals surface area contributed by atoms with Crippen LogP contribution in [0.5, 0.6) is 0 Å². The van der Waals surface area contributed by atoms with Crippen molar-refractivity contribution in [2.24, 2.45) is 0 Å². The normalized spacial score (nSPS) is 16.4. The fourth-order valence-corrected chi connectivity index (χ4v) is 4.37. The Balaban J connectivity index is 1.54. The average Bonchev–Trinajstić information content (AvgIpc) is 3.13. The highest BCUT2D eigenvalue weighted by Crippen LogP contribution is 2.29. The lowest BCUT2D eigenvalue weighted by atomic mass is 10.0. The van der Waals surface area contributed by atoms with Crippen LogP contribution in [0.1, 0.15) is 60.0 Å². The Kier molecular flexibility index (Phi) is 5.80. The molecule has 1 aliphatic rings. The summed E-state index contributed by atoms with van der Waals surface area (Å²) in [5.74, 6) is 0.209. The van der Waals surface area contributed by atoms with Crippen molar-refractivity contribution in [2.75, 3.05) is 26.2 Å². The molecule has 1 unspecified atom stereocenters. The molecule has 0 spiro atoms. The van der Waals surface area contributed by atoms with Crippen LogP contribution in [0.2, 0.25) is 5.02 Å². The van der Waals surface area contributed by atoms with Gasteiger partial charge in [-0.05, 0) is 37.5 Å². The molecule has 3 heterocycles. The van der Waals surface area contributed by atoms with Crippen LogP contribution < -0.4 is 0 Å². The number of pyridine rings is 1. The number of hydrogen-bond acceptors (Lipinski definition) is 5. The highest BCUT2D eigenvalue weighted by molar-refractivity contribution is 6.31. The standard InChI is InChI=1S/C23H27ClN4O2/c1-14(2)20-13-18(21-15(3)26-30-22(21)25-20)23(29)28-11-9-27(10-12-28)16(4)17-7-5-6-8-19(17)24/h5-8,13-14,16H,9-12H2,1-4H3. The Morgan fingerprint density at radius 2 is 1.83 bits per heavy atom. The Labute approximate surface area is 181 Å². The lowest BCUT2D eigenvalue weighted by Crippen LogP contribution is -2.49. The highest BCUT2D eigenvalue weighted by Gasteiger charge is 2.28. The van der Waals surface area contributed by atoms with Crippen molar-refractivity contribution in [3.63, 3.8) is 0 Å². The molecule has 158 valence electrons. The molecule has 0 aliphatic carbocycles. The average molecular weight is 427 g/mol. The summed E-state index contributed by atoms with van der Waals surface area (Å²) in [6.45, 7) is 11.1. The number of amides is 1. The van der Waals surface area contributed by atoms with E-state index in [1.54, 1.807) is 0 Å². The summed E-state index contributed by atoms with van der Waals surface area (Å²) in [5, 5.41) is 5.54. The van der Waals surface area contributed by atoms with Crippen LogP contribution in [-0.2, 0) is 0 Å². The van der Waals surface area contributed by atoms with Crippen molar-refractivity contribution in [1.82, 2.24) is 19.9 Å². The summed E-state index contributed by atoms with van der Waals surface area (Å²) in [5.41, 5.74) is 3.73. The van der Waals surface area contributed by atoms with E-state index in [1.807, 2.05) is 36.1 Å². The minimum atomic E-state index is 0.0145. The van der Waals surface area contributed by atoms with Crippen LogP contribution in [0, 0.1) is 6.92 Å². The third-order valence-corrected chi connectivity index (χ3v) is 6.31. The first-order chi connectivity index (χ1) is 14.4. The van der Waals surface area contributed by atoms with Crippen LogP contribution >= 0.6 is 11.6 Å². The second-order valence-electron chi connectivity index (χ2n) is 8.22. The van der Waals surface area contributed by atoms with E-state index >= 15 is 0 Å². The maximum absolute atomic E-state index is 13.4. The molecule has 0 radical (unpaired) electrons. The molecule has 1 aromatic carbocycles. The second kappa shape index (κ2) is 8.36. The number of rotatable bonds is 4. The number of piperazine rings is 1. The van der Waals surface area contributed by atoms with E-state index in [-0.39, 0.29) is 17.9 Å². The van der Waals surface area contributed by atoms with Crippen molar-refractivity contribution >= 4 is 28.6 Å². The van der Waals surface area contributed by atoms with Crippen LogP contribution in [0.4, 0.5) is 0 Å². The first-order valence-electron chi connectivity index (χ1n) is 10.4. The van der Waals surface area contributed by atoms with Crippen molar-refractivity contribution in [3.05, 3.63) is 57.9 Å². The van der Waals surface area contributed by atoms with Crippen LogP contribution in [0.15, 0.2) is 34.9 Å². The zero-order valence-corrected chi connectivity index (χ0v) is 18.6. The van der Waals surface area contributed by atoms with Crippen LogP contribution in [0.25, 0.3) is 11.1 Å². The maximum Gasteiger partial charge on any atom is 0.259 e. The summed E-state index contributed by atoms with van der Waals surface area (Å²) < 4.78 is 5.37. The van der Waals surface area contributed by atoms with Gasteiger partial charge in [-0.25, -0.2) is 4.98 Å². The Morgan fingerprint density at radius 3 is 2.50 bits per heavy atom. The summed E-state index contributed by atoms with van der Waals surface area (Å²) in [6.07, 6.45) is 0. The number of carbonyl (C=O) groups is 1. The Bertz CT molecular complexity index is 1070. The van der Waals surface area contributed by atoms with Crippen LogP contribution in [0.3, 0.4) is 0 Å².